The van der Waals surface area contributed by atoms with Crippen molar-refractivity contribution in [1.82, 2.24) is 0 Å². The van der Waals surface area contributed by atoms with Crippen molar-refractivity contribution in [2.75, 3.05) is 0 Å². The maximum atomic E-state index is 12.0. The molecule has 8 nitrogen and oxygen atoms in total. The molecular formula is C31H44O8. The lowest BCUT2D eigenvalue weighted by Gasteiger charge is -2.30. The number of hydrogen-bond acceptors (Lipinski definition) is 8. The van der Waals surface area contributed by atoms with Gasteiger partial charge in [-0.1, -0.05) is 65.8 Å². The molecule has 0 aliphatic heterocycles. The molecule has 0 spiro atoms. The van der Waals surface area contributed by atoms with Crippen molar-refractivity contribution in [2.45, 2.75) is 99.7 Å². The lowest BCUT2D eigenvalue weighted by molar-refractivity contribution is -0.318. The summed E-state index contributed by atoms with van der Waals surface area (Å²) in [6, 6.07) is 14.2. The third-order valence-electron chi connectivity index (χ3n) is 5.24. The molecule has 0 aromatic heterocycles. The van der Waals surface area contributed by atoms with Crippen molar-refractivity contribution >= 4 is 12.3 Å². The first-order valence-electron chi connectivity index (χ1n) is 13.1. The van der Waals surface area contributed by atoms with Gasteiger partial charge in [0.1, 0.15) is 22.7 Å². The fourth-order valence-corrected chi connectivity index (χ4v) is 4.72. The topological polar surface area (TPSA) is 89.5 Å². The Balaban J connectivity index is 1.81. The number of carbonyl (C=O) groups is 2. The molecule has 0 aliphatic carbocycles. The Kier molecular flexibility index (Phi) is 10.6. The van der Waals surface area contributed by atoms with Gasteiger partial charge in [-0.05, 0) is 93.2 Å². The zero-order chi connectivity index (χ0) is 29.5. The standard InChI is InChI=1S/C31H44O8/c1-28(2,3)20-30(7,8)38-36-26(32)34-24-15-11-22(12-16-24)19-23-13-17-25(18-14-23)35-27(33)37-39-31(9,10)21-29(4,5)6/h11-18H,19-21H2,1-10H3. The van der Waals surface area contributed by atoms with Crippen LogP contribution in [0.4, 0.5) is 9.59 Å². The van der Waals surface area contributed by atoms with E-state index < -0.39 is 23.5 Å². The van der Waals surface area contributed by atoms with E-state index >= 15 is 0 Å². The van der Waals surface area contributed by atoms with Crippen LogP contribution >= 0.6 is 0 Å². The van der Waals surface area contributed by atoms with Crippen molar-refractivity contribution in [2.24, 2.45) is 10.8 Å². The van der Waals surface area contributed by atoms with Gasteiger partial charge in [0, 0.05) is 0 Å². The van der Waals surface area contributed by atoms with Crippen LogP contribution in [0.1, 0.15) is 93.2 Å². The minimum absolute atomic E-state index is 0.0178. The van der Waals surface area contributed by atoms with Crippen LogP contribution in [-0.4, -0.2) is 23.5 Å². The molecule has 0 aliphatic rings. The summed E-state index contributed by atoms with van der Waals surface area (Å²) in [5, 5.41) is 0. The van der Waals surface area contributed by atoms with Crippen molar-refractivity contribution in [1.29, 1.82) is 0 Å². The third-order valence-corrected chi connectivity index (χ3v) is 5.24. The van der Waals surface area contributed by atoms with E-state index in [1.165, 1.54) is 0 Å². The molecule has 0 saturated heterocycles. The van der Waals surface area contributed by atoms with E-state index in [2.05, 4.69) is 41.5 Å². The van der Waals surface area contributed by atoms with E-state index in [0.29, 0.717) is 30.8 Å². The van der Waals surface area contributed by atoms with Gasteiger partial charge in [0.05, 0.1) is 0 Å². The monoisotopic (exact) mass is 544 g/mol. The molecule has 8 heteroatoms. The molecule has 0 heterocycles. The molecule has 0 saturated carbocycles. The van der Waals surface area contributed by atoms with Gasteiger partial charge in [-0.25, -0.2) is 9.59 Å². The number of rotatable bonds is 10. The molecule has 0 radical (unpaired) electrons. The minimum Gasteiger partial charge on any atom is -0.393 e. The first-order chi connectivity index (χ1) is 17.8. The molecule has 216 valence electrons. The molecule has 2 aromatic carbocycles. The number of ether oxygens (including phenoxy) is 2. The maximum absolute atomic E-state index is 12.0. The van der Waals surface area contributed by atoms with Crippen LogP contribution in [-0.2, 0) is 26.0 Å². The highest BCUT2D eigenvalue weighted by Crippen LogP contribution is 2.31. The van der Waals surface area contributed by atoms with Gasteiger partial charge in [0.15, 0.2) is 0 Å². The minimum atomic E-state index is -0.929. The first-order valence-corrected chi connectivity index (χ1v) is 13.1. The Bertz CT molecular complexity index is 984. The van der Waals surface area contributed by atoms with Gasteiger partial charge in [-0.15, -0.1) is 0 Å². The predicted molar refractivity (Wildman–Crippen MR) is 148 cm³/mol. The zero-order valence-corrected chi connectivity index (χ0v) is 25.0. The van der Waals surface area contributed by atoms with Crippen molar-refractivity contribution in [3.63, 3.8) is 0 Å². The molecule has 0 fully saturated rings. The highest BCUT2D eigenvalue weighted by atomic mass is 17.2. The summed E-state index contributed by atoms with van der Waals surface area (Å²) >= 11 is 0. The van der Waals surface area contributed by atoms with E-state index in [1.54, 1.807) is 24.3 Å². The van der Waals surface area contributed by atoms with Crippen LogP contribution in [0.2, 0.25) is 0 Å². The third kappa shape index (κ3) is 13.5. The summed E-state index contributed by atoms with van der Waals surface area (Å²) in [7, 11) is 0. The second-order valence-corrected chi connectivity index (χ2v) is 13.5. The number of carbonyl (C=O) groups excluding carboxylic acids is 2. The zero-order valence-electron chi connectivity index (χ0n) is 25.0. The van der Waals surface area contributed by atoms with Crippen molar-refractivity contribution in [3.8, 4) is 11.5 Å². The largest absolute Gasteiger partial charge is 0.546 e. The molecule has 0 bridgehead atoms. The summed E-state index contributed by atoms with van der Waals surface area (Å²) in [5.41, 5.74) is 0.757. The van der Waals surface area contributed by atoms with Gasteiger partial charge < -0.3 is 9.47 Å². The van der Waals surface area contributed by atoms with Crippen LogP contribution in [0.15, 0.2) is 48.5 Å². The highest BCUT2D eigenvalue weighted by Gasteiger charge is 2.30. The molecule has 2 aromatic rings. The van der Waals surface area contributed by atoms with Crippen LogP contribution in [0.5, 0.6) is 11.5 Å². The summed E-state index contributed by atoms with van der Waals surface area (Å²) in [5.74, 6) is 0.687. The van der Waals surface area contributed by atoms with Gasteiger partial charge in [0.25, 0.3) is 0 Å². The Morgan fingerprint density at radius 2 is 0.846 bits per heavy atom. The Hall–Kier alpha value is -3.10. The molecule has 0 atom stereocenters. The van der Waals surface area contributed by atoms with E-state index in [4.69, 9.17) is 29.0 Å². The lowest BCUT2D eigenvalue weighted by atomic mass is 9.84. The fraction of sp³-hybridized carbons (Fsp3) is 0.548. The normalized spacial score (nSPS) is 12.6. The average molecular weight is 545 g/mol. The summed E-state index contributed by atoms with van der Waals surface area (Å²) in [4.78, 5) is 44.4. The van der Waals surface area contributed by atoms with Crippen LogP contribution in [0.25, 0.3) is 0 Å². The smallest absolute Gasteiger partial charge is 0.393 e. The summed E-state index contributed by atoms with van der Waals surface area (Å²) in [6.45, 7) is 19.9. The lowest BCUT2D eigenvalue weighted by Crippen LogP contribution is -2.32. The summed E-state index contributed by atoms with van der Waals surface area (Å²) in [6.07, 6.45) is 0.167. The van der Waals surface area contributed by atoms with Gasteiger partial charge >= 0.3 is 12.3 Å². The Labute approximate surface area is 232 Å². The molecule has 0 N–H and O–H groups in total. The Morgan fingerprint density at radius 1 is 0.538 bits per heavy atom. The van der Waals surface area contributed by atoms with E-state index in [1.807, 2.05) is 52.0 Å². The second-order valence-electron chi connectivity index (χ2n) is 13.5. The van der Waals surface area contributed by atoms with E-state index in [-0.39, 0.29) is 10.8 Å². The first kappa shape index (κ1) is 32.1. The molecule has 0 unspecified atom stereocenters. The molecular weight excluding hydrogens is 500 g/mol. The van der Waals surface area contributed by atoms with Crippen LogP contribution in [0, 0.1) is 10.8 Å². The maximum Gasteiger partial charge on any atom is 0.546 e. The Morgan fingerprint density at radius 3 is 1.13 bits per heavy atom. The summed E-state index contributed by atoms with van der Waals surface area (Å²) < 4.78 is 10.4. The van der Waals surface area contributed by atoms with Gasteiger partial charge in [0.2, 0.25) is 0 Å². The number of benzene rings is 2. The van der Waals surface area contributed by atoms with E-state index in [0.717, 1.165) is 11.1 Å². The highest BCUT2D eigenvalue weighted by molar-refractivity contribution is 5.63. The average Bonchev–Trinajstić information content (AvgIpc) is 2.76. The van der Waals surface area contributed by atoms with Crippen molar-refractivity contribution < 1.29 is 38.6 Å². The second kappa shape index (κ2) is 12.8. The number of hydrogen-bond donors (Lipinski definition) is 0. The van der Waals surface area contributed by atoms with Crippen molar-refractivity contribution in [3.05, 3.63) is 59.7 Å². The van der Waals surface area contributed by atoms with Crippen LogP contribution in [0.3, 0.4) is 0 Å². The van der Waals surface area contributed by atoms with E-state index in [9.17, 15) is 9.59 Å². The fourth-order valence-electron chi connectivity index (χ4n) is 4.72. The van der Waals surface area contributed by atoms with Crippen LogP contribution < -0.4 is 9.47 Å². The SMILES string of the molecule is CC(C)(C)CC(C)(C)OOC(=O)Oc1ccc(Cc2ccc(OC(=O)OOC(C)(C)CC(C)(C)C)cc2)cc1. The van der Waals surface area contributed by atoms with Gasteiger partial charge in [-0.2, -0.15) is 9.78 Å². The predicted octanol–water partition coefficient (Wildman–Crippen LogP) is 8.60. The molecule has 0 amide bonds. The molecule has 2 rings (SSSR count). The van der Waals surface area contributed by atoms with Gasteiger partial charge in [-0.3, -0.25) is 9.78 Å². The molecule has 39 heavy (non-hydrogen) atoms. The quantitative estimate of drug-likeness (QED) is 0.127.